The van der Waals surface area contributed by atoms with Gasteiger partial charge in [0, 0.05) is 6.54 Å². The van der Waals surface area contributed by atoms with Gasteiger partial charge in [-0.05, 0) is 11.1 Å². The molecule has 0 aliphatic carbocycles. The summed E-state index contributed by atoms with van der Waals surface area (Å²) in [6.07, 6.45) is 1.28. The minimum absolute atomic E-state index is 0.171. The third kappa shape index (κ3) is 2.85. The van der Waals surface area contributed by atoms with Gasteiger partial charge in [-0.2, -0.15) is 8.42 Å². The highest BCUT2D eigenvalue weighted by atomic mass is 32.2. The van der Waals surface area contributed by atoms with Gasteiger partial charge in [0.2, 0.25) is 6.29 Å². The number of benzene rings is 1. The number of carbonyl (C=O) groups excluding carboxylic acids is 1. The Morgan fingerprint density at radius 1 is 1.33 bits per heavy atom. The van der Waals surface area contributed by atoms with Gasteiger partial charge in [0.1, 0.15) is 0 Å². The highest BCUT2D eigenvalue weighted by Crippen LogP contribution is 2.19. The molecular weight excluding hydrogens is 218 g/mol. The molecule has 15 heavy (non-hydrogen) atoms. The van der Waals surface area contributed by atoms with E-state index in [9.17, 15) is 13.2 Å². The van der Waals surface area contributed by atoms with E-state index in [1.165, 1.54) is 18.4 Å². The van der Waals surface area contributed by atoms with Crippen molar-refractivity contribution in [1.82, 2.24) is 0 Å². The third-order valence-corrected chi connectivity index (χ3v) is 2.89. The zero-order chi connectivity index (χ0) is 11.5. The maximum Gasteiger partial charge on any atom is 0.279 e. The van der Waals surface area contributed by atoms with Crippen molar-refractivity contribution < 1.29 is 17.8 Å². The molecule has 0 saturated heterocycles. The Morgan fingerprint density at radius 3 is 2.20 bits per heavy atom. The fraction of sp³-hybridized carbons (Fsp3) is 0.222. The lowest BCUT2D eigenvalue weighted by Crippen LogP contribution is -2.13. The molecule has 0 bridgehead atoms. The maximum absolute atomic E-state index is 10.8. The molecule has 0 fully saturated rings. The molecule has 6 heteroatoms. The molecule has 0 amide bonds. The molecule has 0 aliphatic heterocycles. The van der Waals surface area contributed by atoms with Crippen molar-refractivity contribution in [2.24, 2.45) is 5.73 Å². The van der Waals surface area contributed by atoms with Crippen LogP contribution >= 0.6 is 0 Å². The number of hydrogen-bond donors (Lipinski definition) is 2. The van der Waals surface area contributed by atoms with Gasteiger partial charge >= 0.3 is 0 Å². The van der Waals surface area contributed by atoms with Crippen LogP contribution in [0.2, 0.25) is 0 Å². The Morgan fingerprint density at radius 2 is 1.87 bits per heavy atom. The number of rotatable bonds is 4. The molecule has 0 saturated carbocycles. The van der Waals surface area contributed by atoms with Crippen LogP contribution in [0.4, 0.5) is 0 Å². The molecule has 1 aromatic rings. The Labute approximate surface area is 87.7 Å². The summed E-state index contributed by atoms with van der Waals surface area (Å²) in [7, 11) is -4.44. The topological polar surface area (TPSA) is 97.5 Å². The molecule has 0 spiro atoms. The first-order valence-electron chi connectivity index (χ1n) is 4.12. The summed E-state index contributed by atoms with van der Waals surface area (Å²) in [5.74, 6) is 0. The van der Waals surface area contributed by atoms with E-state index in [1.54, 1.807) is 12.1 Å². The second-order valence-electron chi connectivity index (χ2n) is 2.96. The molecule has 1 rings (SSSR count). The first-order valence-corrected chi connectivity index (χ1v) is 5.62. The fourth-order valence-electron chi connectivity index (χ4n) is 1.13. The molecular formula is C9H10NO4S. The van der Waals surface area contributed by atoms with Crippen molar-refractivity contribution in [2.45, 2.75) is 11.8 Å². The largest absolute Gasteiger partial charge is 0.326 e. The molecule has 0 heterocycles. The summed E-state index contributed by atoms with van der Waals surface area (Å²) in [5, 5.41) is -1.65. The van der Waals surface area contributed by atoms with E-state index < -0.39 is 15.4 Å². The zero-order valence-electron chi connectivity index (χ0n) is 7.75. The van der Waals surface area contributed by atoms with Gasteiger partial charge in [-0.15, -0.1) is 0 Å². The van der Waals surface area contributed by atoms with E-state index >= 15 is 0 Å². The van der Waals surface area contributed by atoms with Gasteiger partial charge < -0.3 is 5.73 Å². The second-order valence-corrected chi connectivity index (χ2v) is 4.46. The van der Waals surface area contributed by atoms with Crippen molar-refractivity contribution in [3.63, 3.8) is 0 Å². The van der Waals surface area contributed by atoms with Crippen LogP contribution < -0.4 is 5.73 Å². The summed E-state index contributed by atoms with van der Waals surface area (Å²) in [4.78, 5) is 10.4. The number of nitrogens with two attached hydrogens (primary N) is 1. The summed E-state index contributed by atoms with van der Waals surface area (Å²) in [5.41, 5.74) is 6.32. The van der Waals surface area contributed by atoms with Crippen molar-refractivity contribution in [2.75, 3.05) is 0 Å². The summed E-state index contributed by atoms with van der Waals surface area (Å²) in [6.45, 7) is 0.321. The third-order valence-electron chi connectivity index (χ3n) is 1.92. The molecule has 81 valence electrons. The molecule has 5 nitrogen and oxygen atoms in total. The van der Waals surface area contributed by atoms with Crippen LogP contribution in [-0.2, 0) is 21.5 Å². The summed E-state index contributed by atoms with van der Waals surface area (Å²) < 4.78 is 30.3. The summed E-state index contributed by atoms with van der Waals surface area (Å²) >= 11 is 0. The quantitative estimate of drug-likeness (QED) is 0.716. The minimum atomic E-state index is -4.44. The van der Waals surface area contributed by atoms with E-state index in [0.29, 0.717) is 6.54 Å². The lowest BCUT2D eigenvalue weighted by Gasteiger charge is -2.06. The van der Waals surface area contributed by atoms with Crippen molar-refractivity contribution >= 4 is 16.4 Å². The van der Waals surface area contributed by atoms with Crippen molar-refractivity contribution in [1.29, 1.82) is 0 Å². The summed E-state index contributed by atoms with van der Waals surface area (Å²) in [6, 6.07) is 6.02. The van der Waals surface area contributed by atoms with Gasteiger partial charge in [0.05, 0.1) is 0 Å². The first-order chi connectivity index (χ1) is 6.99. The Balaban J connectivity index is 3.09. The van der Waals surface area contributed by atoms with E-state index in [1.807, 2.05) is 0 Å². The van der Waals surface area contributed by atoms with Crippen molar-refractivity contribution in [3.8, 4) is 0 Å². The van der Waals surface area contributed by atoms with E-state index in [0.717, 1.165) is 5.56 Å². The van der Waals surface area contributed by atoms with Gasteiger partial charge in [-0.25, -0.2) is 0 Å². The number of hydrogen-bond acceptors (Lipinski definition) is 4. The van der Waals surface area contributed by atoms with E-state index in [-0.39, 0.29) is 5.56 Å². The van der Waals surface area contributed by atoms with Crippen LogP contribution in [0.3, 0.4) is 0 Å². The van der Waals surface area contributed by atoms with E-state index in [2.05, 4.69) is 0 Å². The molecule has 0 aliphatic rings. The van der Waals surface area contributed by atoms with Crippen LogP contribution in [-0.4, -0.2) is 19.3 Å². The van der Waals surface area contributed by atoms with Gasteiger partial charge in [-0.1, -0.05) is 24.3 Å². The molecule has 1 radical (unpaired) electrons. The Bertz CT molecular complexity index is 438. The highest BCUT2D eigenvalue weighted by Gasteiger charge is 2.25. The normalized spacial score (nSPS) is 13.5. The highest BCUT2D eigenvalue weighted by molar-refractivity contribution is 7.86. The molecule has 1 unspecified atom stereocenters. The average Bonchev–Trinajstić information content (AvgIpc) is 2.18. The predicted molar refractivity (Wildman–Crippen MR) is 54.3 cm³/mol. The fourth-order valence-corrected chi connectivity index (χ4v) is 1.75. The smallest absolute Gasteiger partial charge is 0.279 e. The van der Waals surface area contributed by atoms with Gasteiger partial charge in [0.15, 0.2) is 5.25 Å². The average molecular weight is 228 g/mol. The first kappa shape index (κ1) is 11.8. The second kappa shape index (κ2) is 4.52. The lowest BCUT2D eigenvalue weighted by molar-refractivity contribution is 0.474. The standard InChI is InChI=1S/C9H10NO4S/c10-5-7-1-3-8(4-2-7)9(6-11)15(12,13)14/h1-4,9H,5,10H2,(H,12,13,14). The zero-order valence-corrected chi connectivity index (χ0v) is 8.57. The van der Waals surface area contributed by atoms with Crippen LogP contribution in [0.15, 0.2) is 24.3 Å². The van der Waals surface area contributed by atoms with Gasteiger partial charge in [-0.3, -0.25) is 9.35 Å². The van der Waals surface area contributed by atoms with Crippen molar-refractivity contribution in [3.05, 3.63) is 35.4 Å². The van der Waals surface area contributed by atoms with Gasteiger partial charge in [0.25, 0.3) is 10.1 Å². The van der Waals surface area contributed by atoms with Crippen LogP contribution in [0.5, 0.6) is 0 Å². The van der Waals surface area contributed by atoms with Crippen LogP contribution in [0, 0.1) is 0 Å². The molecule has 3 N–H and O–H groups in total. The molecule has 1 atom stereocenters. The van der Waals surface area contributed by atoms with E-state index in [4.69, 9.17) is 10.3 Å². The Hall–Kier alpha value is -1.24. The predicted octanol–water partition coefficient (Wildman–Crippen LogP) is 0.184. The minimum Gasteiger partial charge on any atom is -0.326 e. The SMILES string of the molecule is NCc1ccc(C([C]=O)S(=O)(=O)O)cc1. The van der Waals surface area contributed by atoms with Crippen LogP contribution in [0.25, 0.3) is 0 Å². The maximum atomic E-state index is 10.8. The molecule has 0 aromatic heterocycles. The molecule has 1 aromatic carbocycles. The monoisotopic (exact) mass is 228 g/mol. The lowest BCUT2D eigenvalue weighted by atomic mass is 10.1. The Kier molecular flexibility index (Phi) is 3.57. The van der Waals surface area contributed by atoms with Crippen LogP contribution in [0.1, 0.15) is 16.4 Å².